The van der Waals surface area contributed by atoms with Crippen molar-refractivity contribution in [1.82, 2.24) is 20.4 Å². The molecule has 1 aliphatic heterocycles. The number of nitrogens with one attached hydrogen (secondary N) is 1. The monoisotopic (exact) mass is 426 g/mol. The zero-order valence-corrected chi connectivity index (χ0v) is 17.8. The minimum atomic E-state index is -0.824. The molecule has 0 saturated carbocycles. The summed E-state index contributed by atoms with van der Waals surface area (Å²) in [5, 5.41) is 20.3. The van der Waals surface area contributed by atoms with Crippen molar-refractivity contribution >= 4 is 17.2 Å². The van der Waals surface area contributed by atoms with Gasteiger partial charge in [0.05, 0.1) is 24.6 Å². The molecule has 2 aromatic heterocycles. The minimum absolute atomic E-state index is 0.0849. The summed E-state index contributed by atoms with van der Waals surface area (Å²) in [6, 6.07) is 13.6. The molecule has 158 valence electrons. The molecule has 8 heteroatoms. The van der Waals surface area contributed by atoms with Gasteiger partial charge in [-0.1, -0.05) is 48.5 Å². The van der Waals surface area contributed by atoms with E-state index in [-0.39, 0.29) is 5.91 Å². The standard InChI is InChI=1S/C22H26N4O3S/c1-2-19-23-21(29-25-19)15-26-11-10-22(18(27)14-26,16-7-4-3-5-8-16)24-20(28)13-17-9-6-12-30-17/h3-9,12,18,27H,2,10-11,13-15H2,1H3,(H,24,28)/t18-,22-/m1/s1. The van der Waals surface area contributed by atoms with E-state index >= 15 is 0 Å². The highest BCUT2D eigenvalue weighted by Gasteiger charge is 2.45. The van der Waals surface area contributed by atoms with Gasteiger partial charge in [-0.05, 0) is 23.4 Å². The summed E-state index contributed by atoms with van der Waals surface area (Å²) >= 11 is 1.56. The van der Waals surface area contributed by atoms with Crippen molar-refractivity contribution in [3.63, 3.8) is 0 Å². The number of aliphatic hydroxyl groups excluding tert-OH is 1. The number of aryl methyl sites for hydroxylation is 1. The molecule has 7 nitrogen and oxygen atoms in total. The van der Waals surface area contributed by atoms with E-state index in [1.54, 1.807) is 11.3 Å². The summed E-state index contributed by atoms with van der Waals surface area (Å²) in [6.07, 6.45) is 0.849. The quantitative estimate of drug-likeness (QED) is 0.603. The van der Waals surface area contributed by atoms with Crippen molar-refractivity contribution in [2.24, 2.45) is 0 Å². The molecule has 4 rings (SSSR count). The summed E-state index contributed by atoms with van der Waals surface area (Å²) in [7, 11) is 0. The van der Waals surface area contributed by atoms with Gasteiger partial charge in [0.15, 0.2) is 5.82 Å². The first-order valence-electron chi connectivity index (χ1n) is 10.2. The molecule has 0 radical (unpaired) electrons. The predicted molar refractivity (Wildman–Crippen MR) is 114 cm³/mol. The molecule has 2 atom stereocenters. The number of β-amino-alcohol motifs (C(OH)–C–C–N with tert-alkyl or cyclic N) is 1. The van der Waals surface area contributed by atoms with Gasteiger partial charge in [0.2, 0.25) is 11.8 Å². The first kappa shape index (κ1) is 20.7. The fourth-order valence-corrected chi connectivity index (χ4v) is 4.68. The molecule has 30 heavy (non-hydrogen) atoms. The van der Waals surface area contributed by atoms with Crippen LogP contribution in [0.3, 0.4) is 0 Å². The molecule has 1 amide bonds. The number of piperidine rings is 1. The maximum absolute atomic E-state index is 12.8. The lowest BCUT2D eigenvalue weighted by Gasteiger charge is -2.46. The van der Waals surface area contributed by atoms with Crippen LogP contribution in [0, 0.1) is 0 Å². The Morgan fingerprint density at radius 1 is 1.33 bits per heavy atom. The molecule has 1 fully saturated rings. The number of rotatable bonds is 7. The first-order chi connectivity index (χ1) is 14.6. The Bertz CT molecular complexity index is 960. The Morgan fingerprint density at radius 3 is 2.83 bits per heavy atom. The number of carbonyl (C=O) groups is 1. The number of carbonyl (C=O) groups excluding carboxylic acids is 1. The van der Waals surface area contributed by atoms with Crippen LogP contribution in [-0.4, -0.2) is 45.2 Å². The Morgan fingerprint density at radius 2 is 2.17 bits per heavy atom. The van der Waals surface area contributed by atoms with Crippen LogP contribution in [0.2, 0.25) is 0 Å². The van der Waals surface area contributed by atoms with Crippen molar-refractivity contribution in [3.05, 3.63) is 70.0 Å². The van der Waals surface area contributed by atoms with Gasteiger partial charge in [-0.3, -0.25) is 9.69 Å². The lowest BCUT2D eigenvalue weighted by atomic mass is 9.78. The summed E-state index contributed by atoms with van der Waals surface area (Å²) in [5.74, 6) is 1.15. The van der Waals surface area contributed by atoms with Crippen LogP contribution in [0.4, 0.5) is 0 Å². The first-order valence-corrected chi connectivity index (χ1v) is 11.1. The van der Waals surface area contributed by atoms with Crippen LogP contribution in [0.5, 0.6) is 0 Å². The van der Waals surface area contributed by atoms with E-state index in [0.29, 0.717) is 44.2 Å². The van der Waals surface area contributed by atoms with Gasteiger partial charge >= 0.3 is 0 Å². The molecule has 1 aliphatic rings. The summed E-state index contributed by atoms with van der Waals surface area (Å²) < 4.78 is 5.30. The molecule has 3 heterocycles. The lowest BCUT2D eigenvalue weighted by Crippen LogP contribution is -2.62. The molecule has 0 bridgehead atoms. The van der Waals surface area contributed by atoms with E-state index in [4.69, 9.17) is 4.52 Å². The number of amides is 1. The predicted octanol–water partition coefficient (Wildman–Crippen LogP) is 2.51. The van der Waals surface area contributed by atoms with Gasteiger partial charge in [0, 0.05) is 24.4 Å². The zero-order chi connectivity index (χ0) is 21.0. The topological polar surface area (TPSA) is 91.5 Å². The Balaban J connectivity index is 1.51. The van der Waals surface area contributed by atoms with Crippen molar-refractivity contribution < 1.29 is 14.4 Å². The van der Waals surface area contributed by atoms with Crippen molar-refractivity contribution in [2.45, 2.75) is 44.4 Å². The number of hydrogen-bond donors (Lipinski definition) is 2. The van der Waals surface area contributed by atoms with E-state index in [1.165, 1.54) is 0 Å². The van der Waals surface area contributed by atoms with Gasteiger partial charge < -0.3 is 14.9 Å². The van der Waals surface area contributed by atoms with Gasteiger partial charge in [-0.2, -0.15) is 4.98 Å². The fraction of sp³-hybridized carbons (Fsp3) is 0.409. The highest BCUT2D eigenvalue weighted by atomic mass is 32.1. The third kappa shape index (κ3) is 4.45. The number of nitrogens with zero attached hydrogens (tertiary/aromatic N) is 3. The second-order valence-electron chi connectivity index (χ2n) is 7.60. The smallest absolute Gasteiger partial charge is 0.240 e. The highest BCUT2D eigenvalue weighted by molar-refractivity contribution is 7.10. The Hall–Kier alpha value is -2.55. The number of aliphatic hydroxyl groups is 1. The summed E-state index contributed by atoms with van der Waals surface area (Å²) in [6.45, 7) is 3.55. The van der Waals surface area contributed by atoms with Crippen LogP contribution < -0.4 is 5.32 Å². The highest BCUT2D eigenvalue weighted by Crippen LogP contribution is 2.34. The van der Waals surface area contributed by atoms with Gasteiger partial charge in [0.1, 0.15) is 0 Å². The summed E-state index contributed by atoms with van der Waals surface area (Å²) in [5.41, 5.74) is 0.0953. The molecule has 2 N–H and O–H groups in total. The SMILES string of the molecule is CCc1noc(CN2CC[C@@](NC(=O)Cc3cccs3)(c3ccccc3)[C@H](O)C2)n1. The number of benzene rings is 1. The maximum atomic E-state index is 12.8. The molecule has 3 aromatic rings. The van der Waals surface area contributed by atoms with Crippen LogP contribution in [-0.2, 0) is 29.7 Å². The Labute approximate surface area is 179 Å². The second-order valence-corrected chi connectivity index (χ2v) is 8.63. The maximum Gasteiger partial charge on any atom is 0.240 e. The van der Waals surface area contributed by atoms with Crippen LogP contribution in [0.25, 0.3) is 0 Å². The lowest BCUT2D eigenvalue weighted by molar-refractivity contribution is -0.126. The Kier molecular flexibility index (Phi) is 6.26. The van der Waals surface area contributed by atoms with E-state index < -0.39 is 11.6 Å². The minimum Gasteiger partial charge on any atom is -0.389 e. The van der Waals surface area contributed by atoms with Gasteiger partial charge in [0.25, 0.3) is 0 Å². The van der Waals surface area contributed by atoms with E-state index in [9.17, 15) is 9.90 Å². The van der Waals surface area contributed by atoms with Gasteiger partial charge in [-0.25, -0.2) is 0 Å². The van der Waals surface area contributed by atoms with Crippen molar-refractivity contribution in [2.75, 3.05) is 13.1 Å². The van der Waals surface area contributed by atoms with Crippen LogP contribution in [0.1, 0.15) is 35.5 Å². The third-order valence-electron chi connectivity index (χ3n) is 5.57. The second kappa shape index (κ2) is 9.07. The number of hydrogen-bond acceptors (Lipinski definition) is 7. The van der Waals surface area contributed by atoms with Crippen LogP contribution in [0.15, 0.2) is 52.4 Å². The van der Waals surface area contributed by atoms with E-state index in [2.05, 4.69) is 20.4 Å². The number of thiophene rings is 1. The molecule has 1 aromatic carbocycles. The average Bonchev–Trinajstić information content (AvgIpc) is 3.43. The van der Waals surface area contributed by atoms with Gasteiger partial charge in [-0.15, -0.1) is 11.3 Å². The fourth-order valence-electron chi connectivity index (χ4n) is 3.98. The largest absolute Gasteiger partial charge is 0.389 e. The van der Waals surface area contributed by atoms with E-state index in [0.717, 1.165) is 16.9 Å². The molecule has 0 aliphatic carbocycles. The van der Waals surface area contributed by atoms with E-state index in [1.807, 2.05) is 54.8 Å². The summed E-state index contributed by atoms with van der Waals surface area (Å²) in [4.78, 5) is 20.3. The molecule has 1 saturated heterocycles. The molecule has 0 spiro atoms. The average molecular weight is 427 g/mol. The molecular formula is C22H26N4O3S. The number of likely N-dealkylation sites (tertiary alicyclic amines) is 1. The van der Waals surface area contributed by atoms with Crippen molar-refractivity contribution in [3.8, 4) is 0 Å². The zero-order valence-electron chi connectivity index (χ0n) is 17.0. The normalized spacial score (nSPS) is 22.1. The van der Waals surface area contributed by atoms with Crippen LogP contribution >= 0.6 is 11.3 Å². The molecular weight excluding hydrogens is 400 g/mol. The molecule has 0 unspecified atom stereocenters. The van der Waals surface area contributed by atoms with Crippen molar-refractivity contribution in [1.29, 1.82) is 0 Å². The number of aromatic nitrogens is 2. The third-order valence-corrected chi connectivity index (χ3v) is 6.45.